The highest BCUT2D eigenvalue weighted by molar-refractivity contribution is 9.10. The third kappa shape index (κ3) is 6.56. The number of ether oxygens (including phenoxy) is 1. The first-order valence-electron chi connectivity index (χ1n) is 6.97. The van der Waals surface area contributed by atoms with E-state index in [1.54, 1.807) is 19.2 Å². The van der Waals surface area contributed by atoms with E-state index in [0.717, 1.165) is 15.7 Å². The number of esters is 1. The number of amidine groups is 1. The molecule has 0 saturated carbocycles. The highest BCUT2D eigenvalue weighted by Crippen LogP contribution is 2.11. The van der Waals surface area contributed by atoms with Crippen molar-refractivity contribution in [3.63, 3.8) is 0 Å². The minimum atomic E-state index is -0.696. The van der Waals surface area contributed by atoms with Gasteiger partial charge in [-0.25, -0.2) is 9.79 Å². The Morgan fingerprint density at radius 3 is 2.67 bits per heavy atom. The van der Waals surface area contributed by atoms with Gasteiger partial charge in [-0.15, -0.1) is 0 Å². The van der Waals surface area contributed by atoms with Crippen LogP contribution >= 0.6 is 27.7 Å². The number of hydrazone groups is 1. The molecular weight excluding hydrogens is 392 g/mol. The summed E-state index contributed by atoms with van der Waals surface area (Å²) in [5.74, 6) is -0.696. The Labute approximate surface area is 153 Å². The van der Waals surface area contributed by atoms with Crippen LogP contribution in [0.4, 0.5) is 0 Å². The van der Waals surface area contributed by atoms with Crippen LogP contribution in [0.3, 0.4) is 0 Å². The predicted octanol–water partition coefficient (Wildman–Crippen LogP) is 3.45. The highest BCUT2D eigenvalue weighted by Gasteiger charge is 2.09. The van der Waals surface area contributed by atoms with E-state index < -0.39 is 5.97 Å². The average Bonchev–Trinajstić information content (AvgIpc) is 2.58. The Kier molecular flexibility index (Phi) is 8.83. The molecule has 0 bridgehead atoms. The van der Waals surface area contributed by atoms with Gasteiger partial charge in [-0.1, -0.05) is 39.8 Å². The molecule has 0 aliphatic heterocycles. The third-order valence-corrected chi connectivity index (χ3v) is 3.81. The number of rotatable bonds is 5. The topological polar surface area (TPSA) is 86.8 Å². The van der Waals surface area contributed by atoms with Crippen LogP contribution in [-0.4, -0.2) is 29.7 Å². The second-order valence-corrected chi connectivity index (χ2v) is 6.04. The number of nitriles is 1. The van der Waals surface area contributed by atoms with Crippen LogP contribution in [0.1, 0.15) is 19.4 Å². The number of hydrogen-bond donors (Lipinski definition) is 1. The number of benzene rings is 1. The number of nitrogens with zero attached hydrogens (tertiary/aromatic N) is 3. The lowest BCUT2D eigenvalue weighted by Gasteiger charge is -2.04. The largest absolute Gasteiger partial charge is 0.462 e. The van der Waals surface area contributed by atoms with Crippen molar-refractivity contribution in [3.05, 3.63) is 46.1 Å². The summed E-state index contributed by atoms with van der Waals surface area (Å²) in [5, 5.41) is 13.7. The fourth-order valence-electron chi connectivity index (χ4n) is 1.47. The van der Waals surface area contributed by atoms with E-state index in [2.05, 4.69) is 31.4 Å². The molecule has 1 aromatic rings. The average molecular weight is 409 g/mol. The summed E-state index contributed by atoms with van der Waals surface area (Å²) in [6, 6.07) is 9.50. The quantitative estimate of drug-likeness (QED) is 0.201. The molecule has 1 rings (SSSR count). The molecule has 0 heterocycles. The van der Waals surface area contributed by atoms with Crippen molar-refractivity contribution in [1.82, 2.24) is 5.43 Å². The van der Waals surface area contributed by atoms with Gasteiger partial charge in [0.25, 0.3) is 0 Å². The second kappa shape index (κ2) is 10.6. The summed E-state index contributed by atoms with van der Waals surface area (Å²) in [6.07, 6.45) is 2.97. The zero-order valence-electron chi connectivity index (χ0n) is 13.5. The maximum Gasteiger partial charge on any atom is 0.350 e. The molecule has 0 radical (unpaired) electrons. The highest BCUT2D eigenvalue weighted by atomic mass is 79.9. The van der Waals surface area contributed by atoms with Crippen LogP contribution in [-0.2, 0) is 9.53 Å². The minimum Gasteiger partial charge on any atom is -0.462 e. The fourth-order valence-corrected chi connectivity index (χ4v) is 2.03. The number of hydrogen-bond acceptors (Lipinski definition) is 6. The number of carbonyl (C=O) groups is 1. The molecule has 0 atom stereocenters. The van der Waals surface area contributed by atoms with E-state index in [9.17, 15) is 4.79 Å². The van der Waals surface area contributed by atoms with Gasteiger partial charge in [-0.3, -0.25) is 5.43 Å². The van der Waals surface area contributed by atoms with Crippen LogP contribution in [0.2, 0.25) is 0 Å². The van der Waals surface area contributed by atoms with Crippen molar-refractivity contribution in [2.75, 3.05) is 12.9 Å². The van der Waals surface area contributed by atoms with E-state index in [1.807, 2.05) is 31.2 Å². The molecule has 0 unspecified atom stereocenters. The van der Waals surface area contributed by atoms with E-state index >= 15 is 0 Å². The first-order valence-corrected chi connectivity index (χ1v) is 8.99. The summed E-state index contributed by atoms with van der Waals surface area (Å²) in [6.45, 7) is 3.74. The summed E-state index contributed by atoms with van der Waals surface area (Å²) in [4.78, 5) is 15.6. The fraction of sp³-hybridized carbons (Fsp3) is 0.250. The molecule has 0 fully saturated rings. The number of nitrogens with one attached hydrogen (secondary N) is 1. The number of thioether (sulfide) groups is 1. The van der Waals surface area contributed by atoms with Crippen molar-refractivity contribution >= 4 is 44.5 Å². The van der Waals surface area contributed by atoms with Crippen molar-refractivity contribution < 1.29 is 9.53 Å². The van der Waals surface area contributed by atoms with E-state index in [0.29, 0.717) is 5.17 Å². The molecule has 1 N–H and O–H groups in total. The molecule has 0 aliphatic rings. The Hall–Kier alpha value is -2.11. The maximum absolute atomic E-state index is 11.5. The first kappa shape index (κ1) is 19.9. The summed E-state index contributed by atoms with van der Waals surface area (Å²) >= 11 is 4.69. The second-order valence-electron chi connectivity index (χ2n) is 4.33. The smallest absolute Gasteiger partial charge is 0.350 e. The molecule has 0 saturated heterocycles. The Morgan fingerprint density at radius 2 is 2.12 bits per heavy atom. The lowest BCUT2D eigenvalue weighted by molar-refractivity contribution is -0.138. The van der Waals surface area contributed by atoms with Gasteiger partial charge in [0.15, 0.2) is 10.7 Å². The zero-order chi connectivity index (χ0) is 17.9. The van der Waals surface area contributed by atoms with Crippen LogP contribution in [0.25, 0.3) is 0 Å². The molecular formula is C16H17BrN4O2S. The van der Waals surface area contributed by atoms with Gasteiger partial charge in [0.05, 0.1) is 18.5 Å². The maximum atomic E-state index is 11.5. The zero-order valence-corrected chi connectivity index (χ0v) is 15.9. The van der Waals surface area contributed by atoms with Crippen molar-refractivity contribution in [1.29, 1.82) is 5.26 Å². The standard InChI is InChI=1S/C16H17BrN4O2S/c1-4-23-15(22)13(9-18)10-19-16(24-3)21-20-11(2)12-5-7-14(17)8-6-12/h5-8,10H,4H2,1-3H3,(H,19,21)/b13-10+,20-11+. The number of carbonyl (C=O) groups excluding carboxylic acids is 1. The van der Waals surface area contributed by atoms with Gasteiger partial charge in [-0.05, 0) is 37.8 Å². The van der Waals surface area contributed by atoms with Gasteiger partial charge >= 0.3 is 5.97 Å². The Bertz CT molecular complexity index is 706. The van der Waals surface area contributed by atoms with E-state index in [4.69, 9.17) is 10.00 Å². The summed E-state index contributed by atoms with van der Waals surface area (Å²) in [5.41, 5.74) is 4.39. The normalized spacial score (nSPS) is 12.5. The molecule has 0 aliphatic carbocycles. The van der Waals surface area contributed by atoms with Crippen molar-refractivity contribution in [3.8, 4) is 6.07 Å². The third-order valence-electron chi connectivity index (χ3n) is 2.70. The van der Waals surface area contributed by atoms with Gasteiger partial charge in [0.2, 0.25) is 0 Å². The van der Waals surface area contributed by atoms with Crippen LogP contribution in [0, 0.1) is 11.3 Å². The lowest BCUT2D eigenvalue weighted by Crippen LogP contribution is -2.16. The van der Waals surface area contributed by atoms with Crippen LogP contribution < -0.4 is 5.43 Å². The summed E-state index contributed by atoms with van der Waals surface area (Å²) < 4.78 is 5.76. The van der Waals surface area contributed by atoms with E-state index in [-0.39, 0.29) is 12.2 Å². The van der Waals surface area contributed by atoms with E-state index in [1.165, 1.54) is 18.0 Å². The van der Waals surface area contributed by atoms with Crippen molar-refractivity contribution in [2.24, 2.45) is 10.1 Å². The number of aliphatic imine (C=N–C) groups is 1. The lowest BCUT2D eigenvalue weighted by atomic mass is 10.1. The van der Waals surface area contributed by atoms with Gasteiger partial charge in [0, 0.05) is 4.47 Å². The molecule has 0 aromatic heterocycles. The van der Waals surface area contributed by atoms with Crippen LogP contribution in [0.15, 0.2) is 50.6 Å². The van der Waals surface area contributed by atoms with Gasteiger partial charge in [-0.2, -0.15) is 10.4 Å². The number of halogens is 1. The Balaban J connectivity index is 2.86. The van der Waals surface area contributed by atoms with Crippen LogP contribution in [0.5, 0.6) is 0 Å². The van der Waals surface area contributed by atoms with Gasteiger partial charge in [0.1, 0.15) is 6.07 Å². The molecule has 0 spiro atoms. The molecule has 24 heavy (non-hydrogen) atoms. The molecule has 6 nitrogen and oxygen atoms in total. The van der Waals surface area contributed by atoms with Crippen molar-refractivity contribution in [2.45, 2.75) is 13.8 Å². The molecule has 0 amide bonds. The SMILES string of the molecule is CCOC(=O)/C(C#N)=C/N=C(N/N=C(\C)c1ccc(Br)cc1)SC. The monoisotopic (exact) mass is 408 g/mol. The minimum absolute atomic E-state index is 0.168. The molecule has 8 heteroatoms. The first-order chi connectivity index (χ1) is 11.5. The Morgan fingerprint density at radius 1 is 1.46 bits per heavy atom. The molecule has 126 valence electrons. The van der Waals surface area contributed by atoms with Gasteiger partial charge < -0.3 is 4.74 Å². The predicted molar refractivity (Wildman–Crippen MR) is 101 cm³/mol. The molecule has 1 aromatic carbocycles. The summed E-state index contributed by atoms with van der Waals surface area (Å²) in [7, 11) is 0.